The molecule has 0 aliphatic carbocycles. The van der Waals surface area contributed by atoms with Crippen LogP contribution in [0.3, 0.4) is 0 Å². The van der Waals surface area contributed by atoms with Crippen molar-refractivity contribution in [2.45, 2.75) is 39.3 Å². The quantitative estimate of drug-likeness (QED) is 0.702. The van der Waals surface area contributed by atoms with E-state index in [2.05, 4.69) is 51.3 Å². The van der Waals surface area contributed by atoms with Crippen molar-refractivity contribution in [2.75, 3.05) is 26.2 Å². The minimum Gasteiger partial charge on any atom is -0.338 e. The molecule has 0 radical (unpaired) electrons. The van der Waals surface area contributed by atoms with Gasteiger partial charge in [0, 0.05) is 51.0 Å². The molecule has 1 atom stereocenters. The highest BCUT2D eigenvalue weighted by atomic mass is 16.5. The number of pyridine rings is 1. The Kier molecular flexibility index (Phi) is 4.74. The number of imidazole rings is 1. The predicted molar refractivity (Wildman–Crippen MR) is 98.8 cm³/mol. The molecule has 0 saturated carbocycles. The van der Waals surface area contributed by atoms with E-state index in [0.717, 1.165) is 55.8 Å². The summed E-state index contributed by atoms with van der Waals surface area (Å²) in [6.45, 7) is 11.2. The van der Waals surface area contributed by atoms with Crippen molar-refractivity contribution in [1.29, 1.82) is 0 Å². The Labute approximate surface area is 153 Å². The molecule has 1 aliphatic rings. The minimum absolute atomic E-state index is 0.160. The summed E-state index contributed by atoms with van der Waals surface area (Å²) in [5.74, 6) is 1.81. The molecule has 3 aromatic heterocycles. The highest BCUT2D eigenvalue weighted by Gasteiger charge is 2.26. The first-order valence-corrected chi connectivity index (χ1v) is 9.32. The van der Waals surface area contributed by atoms with E-state index in [-0.39, 0.29) is 6.04 Å². The molecule has 0 N–H and O–H groups in total. The summed E-state index contributed by atoms with van der Waals surface area (Å²) in [5, 5.41) is 4.09. The van der Waals surface area contributed by atoms with Gasteiger partial charge in [-0.2, -0.15) is 4.98 Å². The summed E-state index contributed by atoms with van der Waals surface area (Å²) < 4.78 is 7.55. The largest absolute Gasteiger partial charge is 0.338 e. The average Bonchev–Trinajstić information content (AvgIpc) is 3.28. The van der Waals surface area contributed by atoms with Gasteiger partial charge in [0.15, 0.2) is 5.82 Å². The van der Waals surface area contributed by atoms with Crippen molar-refractivity contribution >= 4 is 5.65 Å². The number of hydrogen-bond donors (Lipinski definition) is 0. The van der Waals surface area contributed by atoms with E-state index < -0.39 is 0 Å². The zero-order valence-corrected chi connectivity index (χ0v) is 15.7. The standard InChI is InChI=1S/C19H26N6O/c1-14(2)18-21-19(26-22-18)15(3)24-10-8-23(9-11-24)12-16-13-25-7-5-4-6-17(25)20-16/h4-7,13-15H,8-12H2,1-3H3. The molecular formula is C19H26N6O. The number of piperazine rings is 1. The third-order valence-corrected chi connectivity index (χ3v) is 5.09. The summed E-state index contributed by atoms with van der Waals surface area (Å²) in [6.07, 6.45) is 4.16. The van der Waals surface area contributed by atoms with Crippen LogP contribution < -0.4 is 0 Å². The summed E-state index contributed by atoms with van der Waals surface area (Å²) in [5.41, 5.74) is 2.13. The van der Waals surface area contributed by atoms with Crippen LogP contribution in [0.15, 0.2) is 35.1 Å². The van der Waals surface area contributed by atoms with Crippen LogP contribution in [0.4, 0.5) is 0 Å². The van der Waals surface area contributed by atoms with Gasteiger partial charge in [0.1, 0.15) is 5.65 Å². The smallest absolute Gasteiger partial charge is 0.243 e. The van der Waals surface area contributed by atoms with Crippen LogP contribution in [0.25, 0.3) is 5.65 Å². The van der Waals surface area contributed by atoms with Gasteiger partial charge in [-0.3, -0.25) is 9.80 Å². The first-order chi connectivity index (χ1) is 12.6. The van der Waals surface area contributed by atoms with E-state index in [1.807, 2.05) is 24.4 Å². The SMILES string of the molecule is CC(C)c1noc(C(C)N2CCN(Cc3cn4ccccc4n3)CC2)n1. The molecule has 4 heterocycles. The van der Waals surface area contributed by atoms with Crippen LogP contribution >= 0.6 is 0 Å². The monoisotopic (exact) mass is 354 g/mol. The van der Waals surface area contributed by atoms with Crippen LogP contribution in [0, 0.1) is 0 Å². The fraction of sp³-hybridized carbons (Fsp3) is 0.526. The minimum atomic E-state index is 0.160. The number of rotatable bonds is 5. The van der Waals surface area contributed by atoms with E-state index in [4.69, 9.17) is 9.51 Å². The number of aromatic nitrogens is 4. The lowest BCUT2D eigenvalue weighted by molar-refractivity contribution is 0.0839. The van der Waals surface area contributed by atoms with E-state index in [1.54, 1.807) is 0 Å². The average molecular weight is 354 g/mol. The number of nitrogens with zero attached hydrogens (tertiary/aromatic N) is 6. The van der Waals surface area contributed by atoms with Gasteiger partial charge < -0.3 is 8.92 Å². The molecule has 0 bridgehead atoms. The maximum absolute atomic E-state index is 5.47. The lowest BCUT2D eigenvalue weighted by Crippen LogP contribution is -2.46. The zero-order chi connectivity index (χ0) is 18.1. The topological polar surface area (TPSA) is 62.7 Å². The van der Waals surface area contributed by atoms with Crippen molar-refractivity contribution in [3.63, 3.8) is 0 Å². The first-order valence-electron chi connectivity index (χ1n) is 9.32. The van der Waals surface area contributed by atoms with Crippen LogP contribution in [-0.4, -0.2) is 55.5 Å². The number of hydrogen-bond acceptors (Lipinski definition) is 6. The maximum atomic E-state index is 5.47. The van der Waals surface area contributed by atoms with Crippen molar-refractivity contribution in [2.24, 2.45) is 0 Å². The summed E-state index contributed by atoms with van der Waals surface area (Å²) in [6, 6.07) is 6.25. The Balaban J connectivity index is 1.34. The lowest BCUT2D eigenvalue weighted by Gasteiger charge is -2.36. The van der Waals surface area contributed by atoms with Gasteiger partial charge in [-0.05, 0) is 19.1 Å². The summed E-state index contributed by atoms with van der Waals surface area (Å²) >= 11 is 0. The predicted octanol–water partition coefficient (Wildman–Crippen LogP) is 2.72. The van der Waals surface area contributed by atoms with Gasteiger partial charge >= 0.3 is 0 Å². The fourth-order valence-electron chi connectivity index (χ4n) is 3.41. The Morgan fingerprint density at radius 3 is 2.58 bits per heavy atom. The van der Waals surface area contributed by atoms with Crippen molar-refractivity contribution in [3.05, 3.63) is 48.0 Å². The third-order valence-electron chi connectivity index (χ3n) is 5.09. The maximum Gasteiger partial charge on any atom is 0.243 e. The molecule has 7 nitrogen and oxygen atoms in total. The molecule has 1 aliphatic heterocycles. The fourth-order valence-corrected chi connectivity index (χ4v) is 3.41. The molecule has 1 unspecified atom stereocenters. The van der Waals surface area contributed by atoms with Crippen LogP contribution in [-0.2, 0) is 6.54 Å². The zero-order valence-electron chi connectivity index (χ0n) is 15.7. The van der Waals surface area contributed by atoms with E-state index in [9.17, 15) is 0 Å². The highest BCUT2D eigenvalue weighted by molar-refractivity contribution is 5.39. The Hall–Kier alpha value is -2.25. The molecule has 26 heavy (non-hydrogen) atoms. The normalized spacial score (nSPS) is 18.0. The second-order valence-corrected chi connectivity index (χ2v) is 7.33. The molecule has 0 spiro atoms. The molecule has 7 heteroatoms. The van der Waals surface area contributed by atoms with E-state index >= 15 is 0 Å². The Morgan fingerprint density at radius 1 is 1.08 bits per heavy atom. The van der Waals surface area contributed by atoms with Crippen LogP contribution in [0.2, 0.25) is 0 Å². The van der Waals surface area contributed by atoms with Gasteiger partial charge in [0.05, 0.1) is 11.7 Å². The lowest BCUT2D eigenvalue weighted by atomic mass is 10.2. The Bertz CT molecular complexity index is 829. The molecular weight excluding hydrogens is 328 g/mol. The Morgan fingerprint density at radius 2 is 1.88 bits per heavy atom. The van der Waals surface area contributed by atoms with Gasteiger partial charge in [0.25, 0.3) is 0 Å². The van der Waals surface area contributed by atoms with Gasteiger partial charge in [-0.1, -0.05) is 25.1 Å². The van der Waals surface area contributed by atoms with Crippen molar-refractivity contribution in [3.8, 4) is 0 Å². The van der Waals surface area contributed by atoms with Crippen molar-refractivity contribution in [1.82, 2.24) is 29.3 Å². The summed E-state index contributed by atoms with van der Waals surface area (Å²) in [7, 11) is 0. The van der Waals surface area contributed by atoms with Crippen LogP contribution in [0.5, 0.6) is 0 Å². The van der Waals surface area contributed by atoms with Crippen molar-refractivity contribution < 1.29 is 4.52 Å². The van der Waals surface area contributed by atoms with Gasteiger partial charge in [0.2, 0.25) is 5.89 Å². The third kappa shape index (κ3) is 3.50. The van der Waals surface area contributed by atoms with E-state index in [0.29, 0.717) is 5.92 Å². The molecule has 1 saturated heterocycles. The molecule has 1 fully saturated rings. The second kappa shape index (κ2) is 7.17. The highest BCUT2D eigenvalue weighted by Crippen LogP contribution is 2.22. The molecule has 0 aromatic carbocycles. The van der Waals surface area contributed by atoms with Gasteiger partial charge in [-0.15, -0.1) is 0 Å². The molecule has 4 rings (SSSR count). The second-order valence-electron chi connectivity index (χ2n) is 7.33. The molecule has 3 aromatic rings. The van der Waals surface area contributed by atoms with Gasteiger partial charge in [-0.25, -0.2) is 4.98 Å². The van der Waals surface area contributed by atoms with Crippen LogP contribution in [0.1, 0.15) is 50.1 Å². The number of fused-ring (bicyclic) bond motifs is 1. The molecule has 138 valence electrons. The first kappa shape index (κ1) is 17.2. The summed E-state index contributed by atoms with van der Waals surface area (Å²) in [4.78, 5) is 14.1. The van der Waals surface area contributed by atoms with E-state index in [1.165, 1.54) is 0 Å². The molecule has 0 amide bonds.